The molecule has 0 N–H and O–H groups in total. The van der Waals surface area contributed by atoms with Gasteiger partial charge in [0, 0.05) is 4.47 Å². The molecule has 94 valence electrons. The third-order valence-corrected chi connectivity index (χ3v) is 3.38. The Bertz CT molecular complexity index is 630. The van der Waals surface area contributed by atoms with Gasteiger partial charge in [-0.25, -0.2) is 9.78 Å². The number of carbonyl (C=O) groups excluding carboxylic acids is 1. The molecule has 0 saturated carbocycles. The molecule has 0 bridgehead atoms. The number of pyridine rings is 1. The molecule has 2 rings (SSSR count). The number of benzene rings is 1. The molecule has 0 saturated heterocycles. The van der Waals surface area contributed by atoms with Crippen molar-refractivity contribution >= 4 is 44.4 Å². The quantitative estimate of drug-likeness (QED) is 0.791. The molecule has 0 amide bonds. The number of hydrogen-bond donors (Lipinski definition) is 0. The highest BCUT2D eigenvalue weighted by Gasteiger charge is 2.16. The van der Waals surface area contributed by atoms with Crippen molar-refractivity contribution in [2.75, 3.05) is 14.2 Å². The van der Waals surface area contributed by atoms with Gasteiger partial charge in [0.15, 0.2) is 5.69 Å². The second-order valence-corrected chi connectivity index (χ2v) is 4.72. The second-order valence-electron chi connectivity index (χ2n) is 3.45. The van der Waals surface area contributed by atoms with Crippen molar-refractivity contribution in [3.8, 4) is 5.75 Å². The SMILES string of the molecule is COC(=O)c1cc(Cl)c2c(OC)ccc(Br)c2n1. The lowest BCUT2D eigenvalue weighted by molar-refractivity contribution is 0.0594. The lowest BCUT2D eigenvalue weighted by Crippen LogP contribution is -2.05. The van der Waals surface area contributed by atoms with Gasteiger partial charge in [0.1, 0.15) is 5.75 Å². The van der Waals surface area contributed by atoms with Crippen molar-refractivity contribution in [3.05, 3.63) is 33.4 Å². The standard InChI is InChI=1S/C12H9BrClNO3/c1-17-9-4-3-6(13)11-10(9)7(14)5-8(15-11)12(16)18-2/h3-5H,1-2H3. The molecule has 6 heteroatoms. The van der Waals surface area contributed by atoms with Crippen LogP contribution in [0.15, 0.2) is 22.7 Å². The molecule has 0 spiro atoms. The van der Waals surface area contributed by atoms with Crippen LogP contribution in [0.4, 0.5) is 0 Å². The lowest BCUT2D eigenvalue weighted by atomic mass is 10.2. The minimum absolute atomic E-state index is 0.156. The number of fused-ring (bicyclic) bond motifs is 1. The third-order valence-electron chi connectivity index (χ3n) is 2.44. The van der Waals surface area contributed by atoms with E-state index in [2.05, 4.69) is 25.7 Å². The van der Waals surface area contributed by atoms with Gasteiger partial charge in [0.05, 0.1) is 30.1 Å². The number of aromatic nitrogens is 1. The second kappa shape index (κ2) is 5.12. The van der Waals surface area contributed by atoms with E-state index in [1.54, 1.807) is 19.2 Å². The first-order valence-corrected chi connectivity index (χ1v) is 6.16. The number of halogens is 2. The smallest absolute Gasteiger partial charge is 0.356 e. The van der Waals surface area contributed by atoms with E-state index < -0.39 is 5.97 Å². The Hall–Kier alpha value is -1.33. The monoisotopic (exact) mass is 329 g/mol. The summed E-state index contributed by atoms with van der Waals surface area (Å²) in [6.45, 7) is 0. The van der Waals surface area contributed by atoms with Gasteiger partial charge in [-0.1, -0.05) is 11.6 Å². The maximum absolute atomic E-state index is 11.5. The number of methoxy groups -OCH3 is 2. The number of esters is 1. The summed E-state index contributed by atoms with van der Waals surface area (Å²) in [7, 11) is 2.84. The minimum atomic E-state index is -0.534. The summed E-state index contributed by atoms with van der Waals surface area (Å²) in [6, 6.07) is 5.02. The molecular weight excluding hydrogens is 321 g/mol. The van der Waals surface area contributed by atoms with Crippen molar-refractivity contribution in [2.24, 2.45) is 0 Å². The first-order valence-electron chi connectivity index (χ1n) is 4.99. The first-order chi connectivity index (χ1) is 8.58. The van der Waals surface area contributed by atoms with Crippen LogP contribution in [0.2, 0.25) is 5.02 Å². The van der Waals surface area contributed by atoms with Gasteiger partial charge in [-0.15, -0.1) is 0 Å². The van der Waals surface area contributed by atoms with Crippen LogP contribution in [0.1, 0.15) is 10.5 Å². The molecule has 0 atom stereocenters. The Labute approximate surface area is 117 Å². The first kappa shape index (κ1) is 13.1. The fraction of sp³-hybridized carbons (Fsp3) is 0.167. The van der Waals surface area contributed by atoms with Crippen LogP contribution in [0.3, 0.4) is 0 Å². The van der Waals surface area contributed by atoms with Crippen molar-refractivity contribution in [1.82, 2.24) is 4.98 Å². The summed E-state index contributed by atoms with van der Waals surface area (Å²) in [5.41, 5.74) is 0.714. The van der Waals surface area contributed by atoms with Gasteiger partial charge >= 0.3 is 5.97 Å². The molecule has 0 aliphatic carbocycles. The maximum Gasteiger partial charge on any atom is 0.356 e. The minimum Gasteiger partial charge on any atom is -0.496 e. The summed E-state index contributed by atoms with van der Waals surface area (Å²) in [5.74, 6) is 0.0654. The largest absolute Gasteiger partial charge is 0.496 e. The van der Waals surface area contributed by atoms with Gasteiger partial charge in [0.25, 0.3) is 0 Å². The van der Waals surface area contributed by atoms with E-state index in [1.165, 1.54) is 13.2 Å². The highest BCUT2D eigenvalue weighted by molar-refractivity contribution is 9.10. The predicted molar refractivity (Wildman–Crippen MR) is 72.3 cm³/mol. The highest BCUT2D eigenvalue weighted by Crippen LogP contribution is 2.35. The topological polar surface area (TPSA) is 48.4 Å². The van der Waals surface area contributed by atoms with Crippen molar-refractivity contribution in [1.29, 1.82) is 0 Å². The zero-order valence-corrected chi connectivity index (χ0v) is 12.0. The van der Waals surface area contributed by atoms with Crippen LogP contribution in [0.5, 0.6) is 5.75 Å². The van der Waals surface area contributed by atoms with Crippen LogP contribution < -0.4 is 4.74 Å². The molecule has 1 aromatic heterocycles. The van der Waals surface area contributed by atoms with Crippen molar-refractivity contribution < 1.29 is 14.3 Å². The molecule has 4 nitrogen and oxygen atoms in total. The molecule has 2 aromatic rings. The number of carbonyl (C=O) groups is 1. The van der Waals surface area contributed by atoms with Gasteiger partial charge in [-0.3, -0.25) is 0 Å². The van der Waals surface area contributed by atoms with Gasteiger partial charge in [0.2, 0.25) is 0 Å². The zero-order chi connectivity index (χ0) is 13.3. The summed E-state index contributed by atoms with van der Waals surface area (Å²) in [5, 5.41) is 1.04. The van der Waals surface area contributed by atoms with E-state index in [-0.39, 0.29) is 5.69 Å². The summed E-state index contributed by atoms with van der Waals surface area (Å²) < 4.78 is 10.6. The molecule has 1 aromatic carbocycles. The van der Waals surface area contributed by atoms with Gasteiger partial charge < -0.3 is 9.47 Å². The van der Waals surface area contributed by atoms with Crippen molar-refractivity contribution in [2.45, 2.75) is 0 Å². The molecule has 0 radical (unpaired) electrons. The summed E-state index contributed by atoms with van der Waals surface area (Å²) in [4.78, 5) is 15.7. The Morgan fingerprint density at radius 1 is 1.39 bits per heavy atom. The fourth-order valence-corrected chi connectivity index (χ4v) is 2.32. The van der Waals surface area contributed by atoms with E-state index in [0.29, 0.717) is 21.7 Å². The number of nitrogens with zero attached hydrogens (tertiary/aromatic N) is 1. The Morgan fingerprint density at radius 3 is 2.72 bits per heavy atom. The van der Waals surface area contributed by atoms with E-state index in [9.17, 15) is 4.79 Å². The van der Waals surface area contributed by atoms with Crippen molar-refractivity contribution in [3.63, 3.8) is 0 Å². The molecular formula is C12H9BrClNO3. The molecule has 0 unspecified atom stereocenters. The van der Waals surface area contributed by atoms with Crippen LogP contribution in [-0.2, 0) is 4.74 Å². The number of ether oxygens (including phenoxy) is 2. The van der Waals surface area contributed by atoms with E-state index >= 15 is 0 Å². The normalized spacial score (nSPS) is 10.4. The summed E-state index contributed by atoms with van der Waals surface area (Å²) >= 11 is 9.54. The van der Waals surface area contributed by atoms with Crippen LogP contribution in [0.25, 0.3) is 10.9 Å². The third kappa shape index (κ3) is 2.15. The molecule has 0 fully saturated rings. The van der Waals surface area contributed by atoms with Gasteiger partial charge in [-0.2, -0.15) is 0 Å². The Morgan fingerprint density at radius 2 is 2.11 bits per heavy atom. The zero-order valence-electron chi connectivity index (χ0n) is 9.66. The Balaban J connectivity index is 2.80. The van der Waals surface area contributed by atoms with E-state index in [4.69, 9.17) is 16.3 Å². The molecule has 1 heterocycles. The van der Waals surface area contributed by atoms with Crippen LogP contribution in [0, 0.1) is 0 Å². The number of hydrogen-bond acceptors (Lipinski definition) is 4. The van der Waals surface area contributed by atoms with Crippen LogP contribution >= 0.6 is 27.5 Å². The average molecular weight is 331 g/mol. The predicted octanol–water partition coefficient (Wildman–Crippen LogP) is 3.45. The number of rotatable bonds is 2. The maximum atomic E-state index is 11.5. The van der Waals surface area contributed by atoms with Crippen LogP contribution in [-0.4, -0.2) is 25.2 Å². The van der Waals surface area contributed by atoms with E-state index in [1.807, 2.05) is 0 Å². The highest BCUT2D eigenvalue weighted by atomic mass is 79.9. The summed E-state index contributed by atoms with van der Waals surface area (Å²) in [6.07, 6.45) is 0. The molecule has 18 heavy (non-hydrogen) atoms. The van der Waals surface area contributed by atoms with E-state index in [0.717, 1.165) is 4.47 Å². The molecule has 0 aliphatic rings. The molecule has 0 aliphatic heterocycles. The lowest BCUT2D eigenvalue weighted by Gasteiger charge is -2.09. The average Bonchev–Trinajstić information content (AvgIpc) is 2.38. The Kier molecular flexibility index (Phi) is 3.73. The van der Waals surface area contributed by atoms with Gasteiger partial charge in [-0.05, 0) is 34.1 Å². The fourth-order valence-electron chi connectivity index (χ4n) is 1.61.